The van der Waals surface area contributed by atoms with E-state index in [1.807, 2.05) is 30.3 Å². The van der Waals surface area contributed by atoms with E-state index in [2.05, 4.69) is 5.32 Å². The zero-order chi connectivity index (χ0) is 14.2. The highest BCUT2D eigenvalue weighted by molar-refractivity contribution is 5.77. The van der Waals surface area contributed by atoms with E-state index in [0.29, 0.717) is 12.8 Å². The molecule has 2 rings (SSSR count). The highest BCUT2D eigenvalue weighted by Gasteiger charge is 2.21. The number of ether oxygens (including phenoxy) is 1. The van der Waals surface area contributed by atoms with Crippen molar-refractivity contribution in [3.05, 3.63) is 35.9 Å². The number of aliphatic hydroxyl groups excluding tert-OH is 1. The minimum atomic E-state index is -0.0303. The summed E-state index contributed by atoms with van der Waals surface area (Å²) in [6.45, 7) is 0.912. The highest BCUT2D eigenvalue weighted by Crippen LogP contribution is 2.20. The Morgan fingerprint density at radius 2 is 2.20 bits per heavy atom. The average Bonchev–Trinajstić information content (AvgIpc) is 2.97. The van der Waals surface area contributed by atoms with E-state index in [1.54, 1.807) is 0 Å². The first-order chi connectivity index (χ1) is 9.79. The van der Waals surface area contributed by atoms with E-state index in [0.717, 1.165) is 31.4 Å². The van der Waals surface area contributed by atoms with Crippen molar-refractivity contribution in [2.24, 2.45) is 0 Å². The van der Waals surface area contributed by atoms with Gasteiger partial charge in [-0.3, -0.25) is 4.79 Å². The fraction of sp³-hybridized carbons (Fsp3) is 0.562. The first-order valence-corrected chi connectivity index (χ1v) is 7.36. The lowest BCUT2D eigenvalue weighted by atomic mass is 10.0. The summed E-state index contributed by atoms with van der Waals surface area (Å²) in [7, 11) is 0. The van der Waals surface area contributed by atoms with Crippen molar-refractivity contribution < 1.29 is 14.6 Å². The van der Waals surface area contributed by atoms with Crippen molar-refractivity contribution in [1.82, 2.24) is 5.32 Å². The van der Waals surface area contributed by atoms with Crippen LogP contribution in [0.5, 0.6) is 0 Å². The number of benzene rings is 1. The molecule has 1 aromatic carbocycles. The molecule has 2 unspecified atom stereocenters. The maximum absolute atomic E-state index is 12.1. The maximum Gasteiger partial charge on any atom is 0.223 e. The predicted molar refractivity (Wildman–Crippen MR) is 77.2 cm³/mol. The number of hydrogen-bond donors (Lipinski definition) is 2. The van der Waals surface area contributed by atoms with Crippen LogP contribution in [0.2, 0.25) is 0 Å². The molecule has 2 N–H and O–H groups in total. The second-order valence-corrected chi connectivity index (χ2v) is 5.24. The lowest BCUT2D eigenvalue weighted by Gasteiger charge is -2.20. The largest absolute Gasteiger partial charge is 0.396 e. The molecule has 2 atom stereocenters. The summed E-state index contributed by atoms with van der Waals surface area (Å²) in [5.41, 5.74) is 1.08. The van der Waals surface area contributed by atoms with Crippen molar-refractivity contribution in [2.75, 3.05) is 13.2 Å². The van der Waals surface area contributed by atoms with Crippen LogP contribution in [0.25, 0.3) is 0 Å². The van der Waals surface area contributed by atoms with E-state index >= 15 is 0 Å². The molecule has 20 heavy (non-hydrogen) atoms. The van der Waals surface area contributed by atoms with Gasteiger partial charge in [0.15, 0.2) is 0 Å². The normalized spacial score (nSPS) is 19.8. The molecular formula is C16H23NO3. The molecule has 0 spiro atoms. The number of carbonyl (C=O) groups is 1. The summed E-state index contributed by atoms with van der Waals surface area (Å²) >= 11 is 0. The van der Waals surface area contributed by atoms with Crippen LogP contribution in [0, 0.1) is 0 Å². The summed E-state index contributed by atoms with van der Waals surface area (Å²) in [4.78, 5) is 12.1. The van der Waals surface area contributed by atoms with Gasteiger partial charge in [0.05, 0.1) is 18.6 Å². The van der Waals surface area contributed by atoms with Gasteiger partial charge in [0.25, 0.3) is 0 Å². The van der Waals surface area contributed by atoms with E-state index in [-0.39, 0.29) is 24.7 Å². The average molecular weight is 277 g/mol. The monoisotopic (exact) mass is 277 g/mol. The van der Waals surface area contributed by atoms with E-state index in [4.69, 9.17) is 9.84 Å². The summed E-state index contributed by atoms with van der Waals surface area (Å²) in [5, 5.41) is 12.1. The summed E-state index contributed by atoms with van der Waals surface area (Å²) in [6.07, 6.45) is 3.95. The number of rotatable bonds is 7. The number of nitrogens with one attached hydrogen (secondary N) is 1. The Bertz CT molecular complexity index is 401. The molecule has 1 aromatic rings. The van der Waals surface area contributed by atoms with Crippen LogP contribution in [-0.2, 0) is 9.53 Å². The Morgan fingerprint density at radius 1 is 1.40 bits per heavy atom. The Hall–Kier alpha value is -1.39. The minimum Gasteiger partial charge on any atom is -0.396 e. The van der Waals surface area contributed by atoms with Crippen molar-refractivity contribution in [1.29, 1.82) is 0 Å². The SMILES string of the molecule is O=C(CC1CCCO1)NC(CCCO)c1ccccc1. The van der Waals surface area contributed by atoms with E-state index < -0.39 is 0 Å². The van der Waals surface area contributed by atoms with Crippen LogP contribution in [0.3, 0.4) is 0 Å². The van der Waals surface area contributed by atoms with Crippen LogP contribution in [0.15, 0.2) is 30.3 Å². The second kappa shape index (κ2) is 8.02. The molecule has 1 saturated heterocycles. The molecule has 1 amide bonds. The molecule has 4 nitrogen and oxygen atoms in total. The Kier molecular flexibility index (Phi) is 6.02. The zero-order valence-electron chi connectivity index (χ0n) is 11.8. The first-order valence-electron chi connectivity index (χ1n) is 7.36. The van der Waals surface area contributed by atoms with Gasteiger partial charge in [0.2, 0.25) is 5.91 Å². The fourth-order valence-electron chi connectivity index (χ4n) is 2.57. The number of aliphatic hydroxyl groups is 1. The molecule has 4 heteroatoms. The lowest BCUT2D eigenvalue weighted by molar-refractivity contribution is -0.124. The quantitative estimate of drug-likeness (QED) is 0.803. The van der Waals surface area contributed by atoms with E-state index in [9.17, 15) is 4.79 Å². The molecule has 1 aliphatic heterocycles. The third-order valence-electron chi connectivity index (χ3n) is 3.63. The van der Waals surface area contributed by atoms with Crippen molar-refractivity contribution in [2.45, 2.75) is 44.2 Å². The summed E-state index contributed by atoms with van der Waals surface area (Å²) in [5.74, 6) is 0.0312. The molecule has 0 saturated carbocycles. The van der Waals surface area contributed by atoms with Gasteiger partial charge in [-0.1, -0.05) is 30.3 Å². The van der Waals surface area contributed by atoms with Crippen molar-refractivity contribution in [3.63, 3.8) is 0 Å². The van der Waals surface area contributed by atoms with Crippen LogP contribution in [0.1, 0.15) is 43.7 Å². The molecule has 110 valence electrons. The topological polar surface area (TPSA) is 58.6 Å². The van der Waals surface area contributed by atoms with Crippen molar-refractivity contribution in [3.8, 4) is 0 Å². The molecule has 0 bridgehead atoms. The van der Waals surface area contributed by atoms with Crippen molar-refractivity contribution >= 4 is 5.91 Å². The zero-order valence-corrected chi connectivity index (χ0v) is 11.8. The lowest BCUT2D eigenvalue weighted by Crippen LogP contribution is -2.31. The summed E-state index contributed by atoms with van der Waals surface area (Å²) in [6, 6.07) is 9.88. The highest BCUT2D eigenvalue weighted by atomic mass is 16.5. The Labute approximate surface area is 120 Å². The van der Waals surface area contributed by atoms with Gasteiger partial charge in [0, 0.05) is 13.2 Å². The Morgan fingerprint density at radius 3 is 2.85 bits per heavy atom. The molecule has 1 aliphatic rings. The van der Waals surface area contributed by atoms with Crippen LogP contribution in [0.4, 0.5) is 0 Å². The summed E-state index contributed by atoms with van der Waals surface area (Å²) < 4.78 is 5.49. The molecular weight excluding hydrogens is 254 g/mol. The van der Waals surface area contributed by atoms with Crippen LogP contribution >= 0.6 is 0 Å². The molecule has 0 aliphatic carbocycles. The molecule has 1 fully saturated rings. The van der Waals surface area contributed by atoms with Gasteiger partial charge < -0.3 is 15.2 Å². The second-order valence-electron chi connectivity index (χ2n) is 5.24. The fourth-order valence-corrected chi connectivity index (χ4v) is 2.57. The minimum absolute atomic E-state index is 0.0303. The predicted octanol–water partition coefficient (Wildman–Crippen LogP) is 2.19. The Balaban J connectivity index is 1.91. The standard InChI is InChI=1S/C16H23NO3/c18-10-4-9-15(13-6-2-1-3-7-13)17-16(19)12-14-8-5-11-20-14/h1-3,6-7,14-15,18H,4-5,8-12H2,(H,17,19). The maximum atomic E-state index is 12.1. The van der Waals surface area contributed by atoms with Gasteiger partial charge in [-0.25, -0.2) is 0 Å². The van der Waals surface area contributed by atoms with Gasteiger partial charge in [-0.05, 0) is 31.2 Å². The number of carbonyl (C=O) groups excluding carboxylic acids is 1. The molecule has 1 heterocycles. The number of hydrogen-bond acceptors (Lipinski definition) is 3. The third kappa shape index (κ3) is 4.62. The molecule has 0 aromatic heterocycles. The first kappa shape index (κ1) is 15.0. The number of amides is 1. The molecule has 0 radical (unpaired) electrons. The van der Waals surface area contributed by atoms with Gasteiger partial charge in [-0.15, -0.1) is 0 Å². The van der Waals surface area contributed by atoms with Gasteiger partial charge in [0.1, 0.15) is 0 Å². The van der Waals surface area contributed by atoms with Crippen LogP contribution in [-0.4, -0.2) is 30.3 Å². The smallest absolute Gasteiger partial charge is 0.223 e. The van der Waals surface area contributed by atoms with E-state index in [1.165, 1.54) is 0 Å². The third-order valence-corrected chi connectivity index (χ3v) is 3.63. The van der Waals surface area contributed by atoms with Crippen LogP contribution < -0.4 is 5.32 Å². The van der Waals surface area contributed by atoms with Gasteiger partial charge >= 0.3 is 0 Å². The van der Waals surface area contributed by atoms with Gasteiger partial charge in [-0.2, -0.15) is 0 Å².